The van der Waals surface area contributed by atoms with Gasteiger partial charge in [-0.1, -0.05) is 0 Å². The molecule has 2 aromatic rings. The first kappa shape index (κ1) is 18.2. The summed E-state index contributed by atoms with van der Waals surface area (Å²) in [5.41, 5.74) is 1.20. The van der Waals surface area contributed by atoms with Gasteiger partial charge in [-0.15, -0.1) is 5.11 Å². The lowest BCUT2D eigenvalue weighted by atomic mass is 10.1. The van der Waals surface area contributed by atoms with E-state index in [-0.39, 0.29) is 18.6 Å². The zero-order valence-electron chi connectivity index (χ0n) is 14.5. The second-order valence-electron chi connectivity index (χ2n) is 5.66. The SMILES string of the molecule is COc1ccc(-c2ccc(=O)n(CCNC(=O)C3C=CC(=O)N=N3)n2)cc1. The molecule has 1 unspecified atom stereocenters. The van der Waals surface area contributed by atoms with E-state index in [9.17, 15) is 14.4 Å². The molecule has 2 amide bonds. The van der Waals surface area contributed by atoms with Crippen LogP contribution in [-0.4, -0.2) is 41.3 Å². The van der Waals surface area contributed by atoms with Gasteiger partial charge >= 0.3 is 0 Å². The molecular weight excluding hydrogens is 350 g/mol. The van der Waals surface area contributed by atoms with Gasteiger partial charge in [-0.05, 0) is 36.4 Å². The third-order valence-corrected chi connectivity index (χ3v) is 3.85. The van der Waals surface area contributed by atoms with Crippen LogP contribution in [0.1, 0.15) is 0 Å². The van der Waals surface area contributed by atoms with Crippen LogP contribution in [0.3, 0.4) is 0 Å². The van der Waals surface area contributed by atoms with Gasteiger partial charge in [0.1, 0.15) is 5.75 Å². The monoisotopic (exact) mass is 367 g/mol. The van der Waals surface area contributed by atoms with E-state index < -0.39 is 17.9 Å². The van der Waals surface area contributed by atoms with E-state index >= 15 is 0 Å². The van der Waals surface area contributed by atoms with Crippen LogP contribution in [0, 0.1) is 0 Å². The molecule has 0 fully saturated rings. The van der Waals surface area contributed by atoms with Crippen molar-refractivity contribution >= 4 is 11.8 Å². The molecule has 1 atom stereocenters. The van der Waals surface area contributed by atoms with Gasteiger partial charge in [0.15, 0.2) is 6.04 Å². The minimum Gasteiger partial charge on any atom is -0.497 e. The second kappa shape index (κ2) is 8.17. The lowest BCUT2D eigenvalue weighted by Gasteiger charge is -2.11. The molecule has 9 heteroatoms. The molecule has 0 spiro atoms. The molecule has 1 N–H and O–H groups in total. The molecule has 9 nitrogen and oxygen atoms in total. The molecule has 0 saturated carbocycles. The van der Waals surface area contributed by atoms with E-state index in [1.807, 2.05) is 24.3 Å². The number of ether oxygens (including phenoxy) is 1. The highest BCUT2D eigenvalue weighted by Crippen LogP contribution is 2.19. The lowest BCUT2D eigenvalue weighted by Crippen LogP contribution is -2.37. The fourth-order valence-electron chi connectivity index (χ4n) is 2.42. The number of azo groups is 1. The topological polar surface area (TPSA) is 115 Å². The van der Waals surface area contributed by atoms with Crippen molar-refractivity contribution in [1.82, 2.24) is 15.1 Å². The average Bonchev–Trinajstić information content (AvgIpc) is 2.70. The minimum absolute atomic E-state index is 0.186. The first-order valence-corrected chi connectivity index (χ1v) is 8.20. The predicted octanol–water partition coefficient (Wildman–Crippen LogP) is 0.952. The van der Waals surface area contributed by atoms with Crippen molar-refractivity contribution < 1.29 is 14.3 Å². The molecule has 1 aromatic carbocycles. The van der Waals surface area contributed by atoms with Crippen LogP contribution in [0.15, 0.2) is 63.6 Å². The number of aromatic nitrogens is 2. The number of nitrogens with zero attached hydrogens (tertiary/aromatic N) is 4. The molecule has 1 aromatic heterocycles. The van der Waals surface area contributed by atoms with Crippen LogP contribution in [0.2, 0.25) is 0 Å². The first-order valence-electron chi connectivity index (χ1n) is 8.20. The zero-order valence-corrected chi connectivity index (χ0v) is 14.5. The lowest BCUT2D eigenvalue weighted by molar-refractivity contribution is -0.121. The number of rotatable bonds is 6. The van der Waals surface area contributed by atoms with Crippen LogP contribution in [-0.2, 0) is 16.1 Å². The Hall–Kier alpha value is -3.62. The van der Waals surface area contributed by atoms with E-state index in [1.54, 1.807) is 13.2 Å². The number of carbonyl (C=O) groups excluding carboxylic acids is 2. The molecule has 0 radical (unpaired) electrons. The van der Waals surface area contributed by atoms with Crippen LogP contribution in [0.25, 0.3) is 11.3 Å². The molecule has 0 saturated heterocycles. The van der Waals surface area contributed by atoms with Gasteiger partial charge in [0.05, 0.1) is 19.3 Å². The van der Waals surface area contributed by atoms with Gasteiger partial charge < -0.3 is 10.1 Å². The fourth-order valence-corrected chi connectivity index (χ4v) is 2.42. The maximum Gasteiger partial charge on any atom is 0.287 e. The number of benzene rings is 1. The van der Waals surface area contributed by atoms with E-state index in [4.69, 9.17) is 4.74 Å². The minimum atomic E-state index is -0.835. The zero-order chi connectivity index (χ0) is 19.2. The smallest absolute Gasteiger partial charge is 0.287 e. The Morgan fingerprint density at radius 1 is 1.19 bits per heavy atom. The van der Waals surface area contributed by atoms with Crippen molar-refractivity contribution in [1.29, 1.82) is 0 Å². The summed E-state index contributed by atoms with van der Waals surface area (Å²) in [6.07, 6.45) is 2.57. The Morgan fingerprint density at radius 2 is 1.96 bits per heavy atom. The Balaban J connectivity index is 1.63. The average molecular weight is 367 g/mol. The maximum atomic E-state index is 12.0. The first-order chi connectivity index (χ1) is 13.1. The Morgan fingerprint density at radius 3 is 2.63 bits per heavy atom. The van der Waals surface area contributed by atoms with Gasteiger partial charge in [-0.3, -0.25) is 14.4 Å². The van der Waals surface area contributed by atoms with E-state index in [0.29, 0.717) is 5.69 Å². The summed E-state index contributed by atoms with van der Waals surface area (Å²) in [6.45, 7) is 0.382. The van der Waals surface area contributed by atoms with E-state index in [0.717, 1.165) is 11.3 Å². The third kappa shape index (κ3) is 4.51. The van der Waals surface area contributed by atoms with Crippen molar-refractivity contribution in [3.8, 4) is 17.0 Å². The van der Waals surface area contributed by atoms with Crippen molar-refractivity contribution in [2.75, 3.05) is 13.7 Å². The van der Waals surface area contributed by atoms with Crippen molar-refractivity contribution in [2.24, 2.45) is 10.2 Å². The number of methoxy groups -OCH3 is 1. The number of carbonyl (C=O) groups is 2. The van der Waals surface area contributed by atoms with Gasteiger partial charge in [-0.25, -0.2) is 4.68 Å². The Kier molecular flexibility index (Phi) is 5.50. The van der Waals surface area contributed by atoms with Crippen LogP contribution in [0.4, 0.5) is 0 Å². The molecule has 27 heavy (non-hydrogen) atoms. The van der Waals surface area contributed by atoms with Gasteiger partial charge in [0.25, 0.3) is 17.4 Å². The molecule has 138 valence electrons. The fraction of sp³-hybridized carbons (Fsp3) is 0.222. The standard InChI is InChI=1S/C18H17N5O4/c1-27-13-4-2-12(3-5-13)14-7-9-17(25)23(22-14)11-10-19-18(26)15-6-8-16(24)21-20-15/h2-9,15H,10-11H2,1H3,(H,19,26). The maximum absolute atomic E-state index is 12.0. The summed E-state index contributed by atoms with van der Waals surface area (Å²) < 4.78 is 6.41. The summed E-state index contributed by atoms with van der Waals surface area (Å²) >= 11 is 0. The summed E-state index contributed by atoms with van der Waals surface area (Å²) in [4.78, 5) is 34.9. The molecule has 0 aliphatic carbocycles. The summed E-state index contributed by atoms with van der Waals surface area (Å²) in [5.74, 6) is -0.169. The number of hydrogen-bond acceptors (Lipinski definition) is 6. The summed E-state index contributed by atoms with van der Waals surface area (Å²) in [5, 5.41) is 13.9. The number of amides is 2. The quantitative estimate of drug-likeness (QED) is 0.816. The number of nitrogens with one attached hydrogen (secondary N) is 1. The van der Waals surface area contributed by atoms with Crippen LogP contribution in [0.5, 0.6) is 5.75 Å². The van der Waals surface area contributed by atoms with E-state index in [1.165, 1.54) is 22.9 Å². The molecule has 3 rings (SSSR count). The number of hydrogen-bond donors (Lipinski definition) is 1. The molecular formula is C18H17N5O4. The highest BCUT2D eigenvalue weighted by molar-refractivity contribution is 5.92. The summed E-state index contributed by atoms with van der Waals surface area (Å²) in [6, 6.07) is 9.55. The predicted molar refractivity (Wildman–Crippen MR) is 96.3 cm³/mol. The Labute approximate surface area is 154 Å². The van der Waals surface area contributed by atoms with Crippen LogP contribution < -0.4 is 15.6 Å². The van der Waals surface area contributed by atoms with Crippen molar-refractivity contribution in [3.63, 3.8) is 0 Å². The molecule has 1 aliphatic rings. The largest absolute Gasteiger partial charge is 0.497 e. The third-order valence-electron chi connectivity index (χ3n) is 3.85. The van der Waals surface area contributed by atoms with E-state index in [2.05, 4.69) is 20.6 Å². The van der Waals surface area contributed by atoms with Gasteiger partial charge in [-0.2, -0.15) is 10.2 Å². The second-order valence-corrected chi connectivity index (χ2v) is 5.66. The van der Waals surface area contributed by atoms with Crippen LogP contribution >= 0.6 is 0 Å². The summed E-state index contributed by atoms with van der Waals surface area (Å²) in [7, 11) is 1.59. The normalized spacial score (nSPS) is 15.6. The van der Waals surface area contributed by atoms with Crippen molar-refractivity contribution in [3.05, 3.63) is 58.9 Å². The van der Waals surface area contributed by atoms with Crippen molar-refractivity contribution in [2.45, 2.75) is 12.6 Å². The molecule has 1 aliphatic heterocycles. The van der Waals surface area contributed by atoms with Gasteiger partial charge in [0.2, 0.25) is 0 Å². The molecule has 0 bridgehead atoms. The highest BCUT2D eigenvalue weighted by atomic mass is 16.5. The molecule has 2 heterocycles. The Bertz CT molecular complexity index is 946. The highest BCUT2D eigenvalue weighted by Gasteiger charge is 2.17. The van der Waals surface area contributed by atoms with Gasteiger partial charge in [0, 0.05) is 24.3 Å².